The fourth-order valence-electron chi connectivity index (χ4n) is 2.62. The number of amides is 1. The van der Waals surface area contributed by atoms with E-state index < -0.39 is 11.6 Å². The zero-order valence-corrected chi connectivity index (χ0v) is 12.5. The van der Waals surface area contributed by atoms with E-state index in [1.807, 2.05) is 36.4 Å². The van der Waals surface area contributed by atoms with Crippen molar-refractivity contribution in [1.29, 1.82) is 0 Å². The summed E-state index contributed by atoms with van der Waals surface area (Å²) in [6, 6.07) is 14.1. The Morgan fingerprint density at radius 2 is 1.86 bits per heavy atom. The van der Waals surface area contributed by atoms with Gasteiger partial charge in [-0.05, 0) is 37.0 Å². The Hall–Kier alpha value is -2.20. The molecular weight excluding hydrogens is 279 g/mol. The number of hydrogen-bond donors (Lipinski definition) is 2. The van der Waals surface area contributed by atoms with E-state index in [1.54, 1.807) is 13.0 Å². The van der Waals surface area contributed by atoms with Crippen LogP contribution in [0, 0.1) is 5.82 Å². The van der Waals surface area contributed by atoms with Crippen molar-refractivity contribution in [3.8, 4) is 11.1 Å². The fourth-order valence-corrected chi connectivity index (χ4v) is 2.62. The van der Waals surface area contributed by atoms with Crippen molar-refractivity contribution < 1.29 is 9.18 Å². The molecule has 1 amide bonds. The van der Waals surface area contributed by atoms with Gasteiger partial charge in [-0.3, -0.25) is 4.79 Å². The third kappa shape index (κ3) is 2.74. The molecule has 3 rings (SSSR count). The molecule has 22 heavy (non-hydrogen) atoms. The summed E-state index contributed by atoms with van der Waals surface area (Å²) >= 11 is 0. The quantitative estimate of drug-likeness (QED) is 0.911. The number of rotatable bonds is 4. The topological polar surface area (TPSA) is 55.1 Å². The van der Waals surface area contributed by atoms with Crippen molar-refractivity contribution in [3.63, 3.8) is 0 Å². The molecule has 1 fully saturated rings. The molecule has 2 aromatic carbocycles. The third-order valence-electron chi connectivity index (χ3n) is 4.16. The molecule has 0 radical (unpaired) electrons. The number of nitrogens with two attached hydrogens (primary N) is 1. The van der Waals surface area contributed by atoms with Crippen molar-refractivity contribution in [1.82, 2.24) is 5.32 Å². The predicted octanol–water partition coefficient (Wildman–Crippen LogP) is 3.16. The van der Waals surface area contributed by atoms with Crippen LogP contribution in [0.5, 0.6) is 0 Å². The summed E-state index contributed by atoms with van der Waals surface area (Å²) in [6.45, 7) is 1.79. The maximum absolute atomic E-state index is 14.4. The van der Waals surface area contributed by atoms with Gasteiger partial charge >= 0.3 is 0 Å². The molecule has 0 unspecified atom stereocenters. The van der Waals surface area contributed by atoms with Gasteiger partial charge in [0.1, 0.15) is 5.82 Å². The Labute approximate surface area is 129 Å². The number of carbonyl (C=O) groups excluding carboxylic acids is 1. The highest BCUT2D eigenvalue weighted by atomic mass is 19.1. The van der Waals surface area contributed by atoms with Gasteiger partial charge in [-0.1, -0.05) is 42.5 Å². The van der Waals surface area contributed by atoms with Gasteiger partial charge in [0.2, 0.25) is 5.91 Å². The van der Waals surface area contributed by atoms with E-state index in [1.165, 1.54) is 6.07 Å². The van der Waals surface area contributed by atoms with E-state index in [9.17, 15) is 9.18 Å². The van der Waals surface area contributed by atoms with Gasteiger partial charge in [0, 0.05) is 5.56 Å². The molecule has 0 aliphatic heterocycles. The summed E-state index contributed by atoms with van der Waals surface area (Å²) in [6.07, 6.45) is 1.38. The van der Waals surface area contributed by atoms with Crippen molar-refractivity contribution in [2.24, 2.45) is 5.73 Å². The highest BCUT2D eigenvalue weighted by Gasteiger charge is 2.46. The minimum atomic E-state index is -0.758. The highest BCUT2D eigenvalue weighted by molar-refractivity contribution is 5.89. The SMILES string of the molecule is C[C@@H](NC(=O)C1(N)CC1)c1c(F)cccc1-c1ccccc1. The molecule has 114 valence electrons. The second-order valence-corrected chi connectivity index (χ2v) is 5.92. The molecule has 3 nitrogen and oxygen atoms in total. The second-order valence-electron chi connectivity index (χ2n) is 5.92. The van der Waals surface area contributed by atoms with Crippen LogP contribution in [0.1, 0.15) is 31.4 Å². The number of nitrogens with one attached hydrogen (secondary N) is 1. The monoisotopic (exact) mass is 298 g/mol. The van der Waals surface area contributed by atoms with Crippen molar-refractivity contribution >= 4 is 5.91 Å². The first-order valence-corrected chi connectivity index (χ1v) is 7.45. The van der Waals surface area contributed by atoms with Gasteiger partial charge in [0.05, 0.1) is 11.6 Å². The number of benzene rings is 2. The molecule has 2 aromatic rings. The van der Waals surface area contributed by atoms with E-state index in [-0.39, 0.29) is 11.7 Å². The molecule has 0 heterocycles. The lowest BCUT2D eigenvalue weighted by Crippen LogP contribution is -2.43. The van der Waals surface area contributed by atoms with Gasteiger partial charge in [0.25, 0.3) is 0 Å². The van der Waals surface area contributed by atoms with E-state index in [2.05, 4.69) is 5.32 Å². The minimum absolute atomic E-state index is 0.206. The molecule has 1 atom stereocenters. The average molecular weight is 298 g/mol. The zero-order chi connectivity index (χ0) is 15.7. The van der Waals surface area contributed by atoms with Crippen LogP contribution in [0.25, 0.3) is 11.1 Å². The summed E-state index contributed by atoms with van der Waals surface area (Å²) in [5.74, 6) is -0.529. The van der Waals surface area contributed by atoms with Gasteiger partial charge in [-0.2, -0.15) is 0 Å². The van der Waals surface area contributed by atoms with Gasteiger partial charge in [-0.25, -0.2) is 4.39 Å². The molecule has 4 heteroatoms. The minimum Gasteiger partial charge on any atom is -0.348 e. The first-order valence-electron chi connectivity index (χ1n) is 7.45. The Balaban J connectivity index is 1.94. The van der Waals surface area contributed by atoms with Crippen LogP contribution in [0.15, 0.2) is 48.5 Å². The highest BCUT2D eigenvalue weighted by Crippen LogP contribution is 2.34. The van der Waals surface area contributed by atoms with Crippen LogP contribution < -0.4 is 11.1 Å². The van der Waals surface area contributed by atoms with Crippen LogP contribution in [0.4, 0.5) is 4.39 Å². The summed E-state index contributed by atoms with van der Waals surface area (Å²) in [5, 5.41) is 2.85. The molecule has 0 spiro atoms. The smallest absolute Gasteiger partial charge is 0.240 e. The molecule has 0 aromatic heterocycles. The zero-order valence-electron chi connectivity index (χ0n) is 12.5. The number of carbonyl (C=O) groups is 1. The maximum atomic E-state index is 14.4. The Kier molecular flexibility index (Phi) is 3.71. The van der Waals surface area contributed by atoms with Crippen LogP contribution in [-0.4, -0.2) is 11.4 Å². The molecule has 3 N–H and O–H groups in total. The Bertz CT molecular complexity index is 695. The van der Waals surface area contributed by atoms with E-state index in [0.29, 0.717) is 18.4 Å². The van der Waals surface area contributed by atoms with Crippen molar-refractivity contribution in [2.75, 3.05) is 0 Å². The molecule has 1 aliphatic carbocycles. The Morgan fingerprint density at radius 1 is 1.18 bits per heavy atom. The standard InChI is InChI=1S/C18H19FN2O/c1-12(21-17(22)18(20)10-11-18)16-14(8-5-9-15(16)19)13-6-3-2-4-7-13/h2-9,12H,10-11,20H2,1H3,(H,21,22)/t12-/m1/s1. The van der Waals surface area contributed by atoms with Crippen LogP contribution in [0.2, 0.25) is 0 Å². The van der Waals surface area contributed by atoms with Crippen LogP contribution in [0.3, 0.4) is 0 Å². The normalized spacial score (nSPS) is 16.9. The largest absolute Gasteiger partial charge is 0.348 e. The van der Waals surface area contributed by atoms with E-state index in [4.69, 9.17) is 5.73 Å². The van der Waals surface area contributed by atoms with Crippen LogP contribution >= 0.6 is 0 Å². The van der Waals surface area contributed by atoms with Gasteiger partial charge < -0.3 is 11.1 Å². The summed E-state index contributed by atoms with van der Waals surface area (Å²) in [5.41, 5.74) is 7.34. The average Bonchev–Trinajstić information content (AvgIpc) is 3.27. The molecule has 1 aliphatic rings. The number of halogens is 1. The van der Waals surface area contributed by atoms with Crippen molar-refractivity contribution in [2.45, 2.75) is 31.3 Å². The molecular formula is C18H19FN2O. The Morgan fingerprint density at radius 3 is 2.50 bits per heavy atom. The first kappa shape index (κ1) is 14.7. The maximum Gasteiger partial charge on any atom is 0.240 e. The molecule has 0 saturated heterocycles. The van der Waals surface area contributed by atoms with Gasteiger partial charge in [0.15, 0.2) is 0 Å². The second kappa shape index (κ2) is 5.54. The van der Waals surface area contributed by atoms with E-state index >= 15 is 0 Å². The molecule has 0 bridgehead atoms. The van der Waals surface area contributed by atoms with E-state index in [0.717, 1.165) is 11.1 Å². The summed E-state index contributed by atoms with van der Waals surface area (Å²) in [4.78, 5) is 12.1. The van der Waals surface area contributed by atoms with Crippen LogP contribution in [-0.2, 0) is 4.79 Å². The molecule has 1 saturated carbocycles. The lowest BCUT2D eigenvalue weighted by Gasteiger charge is -2.21. The lowest BCUT2D eigenvalue weighted by atomic mass is 9.95. The van der Waals surface area contributed by atoms with Crippen molar-refractivity contribution in [3.05, 3.63) is 59.9 Å². The number of hydrogen-bond acceptors (Lipinski definition) is 2. The lowest BCUT2D eigenvalue weighted by molar-refractivity contribution is -0.123. The van der Waals surface area contributed by atoms with Gasteiger partial charge in [-0.15, -0.1) is 0 Å². The predicted molar refractivity (Wildman–Crippen MR) is 84.5 cm³/mol. The summed E-state index contributed by atoms with van der Waals surface area (Å²) in [7, 11) is 0. The first-order chi connectivity index (χ1) is 10.5. The summed E-state index contributed by atoms with van der Waals surface area (Å²) < 4.78 is 14.4. The third-order valence-corrected chi connectivity index (χ3v) is 4.16. The fraction of sp³-hybridized carbons (Fsp3) is 0.278.